The molecule has 0 aliphatic carbocycles. The molecule has 1 aromatic carbocycles. The molecule has 1 heterocycles. The Kier molecular flexibility index (Phi) is 3.17. The predicted octanol–water partition coefficient (Wildman–Crippen LogP) is 2.88. The summed E-state index contributed by atoms with van der Waals surface area (Å²) in [6, 6.07) is 5.85. The Balaban J connectivity index is 2.28. The van der Waals surface area contributed by atoms with Crippen molar-refractivity contribution < 1.29 is 4.39 Å². The number of hydrogen-bond donors (Lipinski definition) is 1. The highest BCUT2D eigenvalue weighted by molar-refractivity contribution is 6.29. The van der Waals surface area contributed by atoms with Crippen LogP contribution in [0.25, 0.3) is 0 Å². The fourth-order valence-corrected chi connectivity index (χ4v) is 1.39. The van der Waals surface area contributed by atoms with Crippen LogP contribution in [0.5, 0.6) is 0 Å². The highest BCUT2D eigenvalue weighted by atomic mass is 35.5. The Morgan fingerprint density at radius 1 is 1.35 bits per heavy atom. The fourth-order valence-electron chi connectivity index (χ4n) is 1.24. The van der Waals surface area contributed by atoms with Gasteiger partial charge in [-0.15, -0.1) is 0 Å². The van der Waals surface area contributed by atoms with Gasteiger partial charge in [0.25, 0.3) is 0 Å². The highest BCUT2D eigenvalue weighted by Crippen LogP contribution is 2.18. The summed E-state index contributed by atoms with van der Waals surface area (Å²) in [4.78, 5) is 7.81. The van der Waals surface area contributed by atoms with Gasteiger partial charge in [-0.1, -0.05) is 11.6 Å². The highest BCUT2D eigenvalue weighted by Gasteiger charge is 2.03. The Labute approximate surface area is 102 Å². The van der Waals surface area contributed by atoms with Crippen LogP contribution in [-0.2, 0) is 0 Å². The monoisotopic (exact) mass is 248 g/mol. The molecule has 1 N–H and O–H groups in total. The normalized spacial score (nSPS) is 9.71. The number of nitriles is 1. The van der Waals surface area contributed by atoms with E-state index in [-0.39, 0.29) is 10.7 Å². The Hall–Kier alpha value is -2.19. The molecule has 2 rings (SSSR count). The largest absolute Gasteiger partial charge is 0.339 e. The van der Waals surface area contributed by atoms with Gasteiger partial charge in [0.05, 0.1) is 18.0 Å². The summed E-state index contributed by atoms with van der Waals surface area (Å²) >= 11 is 5.67. The molecule has 0 spiro atoms. The maximum atomic E-state index is 13.1. The molecule has 0 saturated carbocycles. The summed E-state index contributed by atoms with van der Waals surface area (Å²) < 4.78 is 13.1. The summed E-state index contributed by atoms with van der Waals surface area (Å²) in [5.74, 6) is -0.136. The van der Waals surface area contributed by atoms with Gasteiger partial charge in [-0.3, -0.25) is 4.98 Å². The summed E-state index contributed by atoms with van der Waals surface area (Å²) in [5.41, 5.74) is 0.504. The molecule has 1 aromatic heterocycles. The molecule has 0 bridgehead atoms. The van der Waals surface area contributed by atoms with Crippen molar-refractivity contribution in [2.24, 2.45) is 0 Å². The number of benzene rings is 1. The molecule has 0 aliphatic rings. The molecular weight excluding hydrogens is 243 g/mol. The molecule has 6 heteroatoms. The average molecular weight is 249 g/mol. The second-order valence-electron chi connectivity index (χ2n) is 3.16. The molecular formula is C11H6ClFN4. The van der Waals surface area contributed by atoms with E-state index in [0.717, 1.165) is 0 Å². The summed E-state index contributed by atoms with van der Waals surface area (Å²) in [7, 11) is 0. The van der Waals surface area contributed by atoms with Gasteiger partial charge in [-0.2, -0.15) is 5.26 Å². The zero-order chi connectivity index (χ0) is 12.3. The lowest BCUT2D eigenvalue weighted by atomic mass is 10.2. The summed E-state index contributed by atoms with van der Waals surface area (Å²) in [6.45, 7) is 0. The van der Waals surface area contributed by atoms with Crippen molar-refractivity contribution >= 4 is 23.1 Å². The van der Waals surface area contributed by atoms with Gasteiger partial charge < -0.3 is 5.32 Å². The first-order valence-corrected chi connectivity index (χ1v) is 5.01. The predicted molar refractivity (Wildman–Crippen MR) is 61.4 cm³/mol. The molecule has 0 atom stereocenters. The van der Waals surface area contributed by atoms with E-state index in [0.29, 0.717) is 11.5 Å². The van der Waals surface area contributed by atoms with Gasteiger partial charge in [-0.05, 0) is 18.2 Å². The Morgan fingerprint density at radius 3 is 2.88 bits per heavy atom. The third-order valence-electron chi connectivity index (χ3n) is 1.96. The van der Waals surface area contributed by atoms with Gasteiger partial charge >= 0.3 is 0 Å². The lowest BCUT2D eigenvalue weighted by Crippen LogP contribution is -1.96. The van der Waals surface area contributed by atoms with E-state index in [4.69, 9.17) is 16.9 Å². The van der Waals surface area contributed by atoms with Gasteiger partial charge in [-0.25, -0.2) is 9.37 Å². The smallest absolute Gasteiger partial charge is 0.150 e. The molecule has 0 fully saturated rings. The molecule has 84 valence electrons. The lowest BCUT2D eigenvalue weighted by Gasteiger charge is -2.05. The van der Waals surface area contributed by atoms with E-state index in [1.807, 2.05) is 0 Å². The molecule has 0 unspecified atom stereocenters. The lowest BCUT2D eigenvalue weighted by molar-refractivity contribution is 0.624. The number of hydrogen-bond acceptors (Lipinski definition) is 4. The maximum Gasteiger partial charge on any atom is 0.150 e. The van der Waals surface area contributed by atoms with Crippen molar-refractivity contribution in [3.63, 3.8) is 0 Å². The minimum Gasteiger partial charge on any atom is -0.339 e. The second-order valence-corrected chi connectivity index (χ2v) is 3.55. The van der Waals surface area contributed by atoms with Gasteiger partial charge in [0.2, 0.25) is 0 Å². The molecule has 17 heavy (non-hydrogen) atoms. The fraction of sp³-hybridized carbons (Fsp3) is 0. The standard InChI is InChI=1S/C11H6ClFN4/c12-10-5-15-6-11(17-10)16-8-1-2-9(13)7(3-8)4-14/h1-3,5-6H,(H,16,17). The van der Waals surface area contributed by atoms with Crippen molar-refractivity contribution in [1.82, 2.24) is 9.97 Å². The average Bonchev–Trinajstić information content (AvgIpc) is 2.32. The van der Waals surface area contributed by atoms with Crippen molar-refractivity contribution in [1.29, 1.82) is 5.26 Å². The van der Waals surface area contributed by atoms with Crippen LogP contribution < -0.4 is 5.32 Å². The Morgan fingerprint density at radius 2 is 2.18 bits per heavy atom. The van der Waals surface area contributed by atoms with E-state index >= 15 is 0 Å². The summed E-state index contributed by atoms with van der Waals surface area (Å²) in [6.07, 6.45) is 2.87. The van der Waals surface area contributed by atoms with Crippen LogP contribution in [0, 0.1) is 17.1 Å². The van der Waals surface area contributed by atoms with Gasteiger partial charge in [0.15, 0.2) is 5.82 Å². The Bertz CT molecular complexity index is 594. The first-order valence-electron chi connectivity index (χ1n) is 4.63. The van der Waals surface area contributed by atoms with Crippen LogP contribution in [0.1, 0.15) is 5.56 Å². The van der Waals surface area contributed by atoms with Crippen LogP contribution in [-0.4, -0.2) is 9.97 Å². The first-order chi connectivity index (χ1) is 8.19. The van der Waals surface area contributed by atoms with Crippen LogP contribution in [0.3, 0.4) is 0 Å². The quantitative estimate of drug-likeness (QED) is 0.888. The van der Waals surface area contributed by atoms with E-state index < -0.39 is 5.82 Å². The van der Waals surface area contributed by atoms with E-state index in [9.17, 15) is 4.39 Å². The minimum atomic E-state index is -0.560. The third kappa shape index (κ3) is 2.68. The number of halogens is 2. The maximum absolute atomic E-state index is 13.1. The van der Waals surface area contributed by atoms with Crippen molar-refractivity contribution in [2.75, 3.05) is 5.32 Å². The number of rotatable bonds is 2. The van der Waals surface area contributed by atoms with Crippen molar-refractivity contribution in [3.8, 4) is 6.07 Å². The third-order valence-corrected chi connectivity index (χ3v) is 2.15. The molecule has 4 nitrogen and oxygen atoms in total. The number of nitrogens with zero attached hydrogens (tertiary/aromatic N) is 3. The number of aromatic nitrogens is 2. The van der Waals surface area contributed by atoms with E-state index in [1.54, 1.807) is 6.07 Å². The van der Waals surface area contributed by atoms with Crippen LogP contribution in [0.2, 0.25) is 5.15 Å². The van der Waals surface area contributed by atoms with E-state index in [2.05, 4.69) is 15.3 Å². The first kappa shape index (κ1) is 11.3. The van der Waals surface area contributed by atoms with Gasteiger partial charge in [0.1, 0.15) is 17.0 Å². The zero-order valence-electron chi connectivity index (χ0n) is 8.48. The molecule has 0 saturated heterocycles. The molecule has 0 radical (unpaired) electrons. The van der Waals surface area contributed by atoms with Crippen LogP contribution >= 0.6 is 11.6 Å². The van der Waals surface area contributed by atoms with Crippen molar-refractivity contribution in [2.45, 2.75) is 0 Å². The zero-order valence-corrected chi connectivity index (χ0v) is 9.24. The van der Waals surface area contributed by atoms with Crippen LogP contribution in [0.4, 0.5) is 15.9 Å². The summed E-state index contributed by atoms with van der Waals surface area (Å²) in [5, 5.41) is 11.8. The van der Waals surface area contributed by atoms with Gasteiger partial charge in [0, 0.05) is 5.69 Å². The molecule has 0 amide bonds. The number of nitrogens with one attached hydrogen (secondary N) is 1. The molecule has 2 aromatic rings. The SMILES string of the molecule is N#Cc1cc(Nc2cncc(Cl)n2)ccc1F. The molecule has 0 aliphatic heterocycles. The topological polar surface area (TPSA) is 61.6 Å². The minimum absolute atomic E-state index is 0.0370. The number of anilines is 2. The van der Waals surface area contributed by atoms with Crippen molar-refractivity contribution in [3.05, 3.63) is 47.1 Å². The van der Waals surface area contributed by atoms with Crippen LogP contribution in [0.15, 0.2) is 30.6 Å². The van der Waals surface area contributed by atoms with E-state index in [1.165, 1.54) is 30.6 Å². The second kappa shape index (κ2) is 4.76.